The molecule has 0 radical (unpaired) electrons. The van der Waals surface area contributed by atoms with Gasteiger partial charge >= 0.3 is 6.09 Å². The van der Waals surface area contributed by atoms with E-state index in [1.165, 1.54) is 19.3 Å². The normalized spacial score (nSPS) is 24.9. The van der Waals surface area contributed by atoms with Gasteiger partial charge < -0.3 is 19.9 Å². The highest BCUT2D eigenvalue weighted by Crippen LogP contribution is 2.34. The second-order valence-corrected chi connectivity index (χ2v) is 8.32. The van der Waals surface area contributed by atoms with Gasteiger partial charge in [-0.2, -0.15) is 0 Å². The van der Waals surface area contributed by atoms with Gasteiger partial charge in [0.2, 0.25) is 0 Å². The molecule has 30 heavy (non-hydrogen) atoms. The van der Waals surface area contributed by atoms with Gasteiger partial charge in [-0.15, -0.1) is 0 Å². The summed E-state index contributed by atoms with van der Waals surface area (Å²) in [6.45, 7) is 4.83. The van der Waals surface area contributed by atoms with Crippen LogP contribution in [0, 0.1) is 5.92 Å². The fourth-order valence-corrected chi connectivity index (χ4v) is 4.53. The second kappa shape index (κ2) is 8.07. The van der Waals surface area contributed by atoms with Crippen LogP contribution in [-0.2, 0) is 16.1 Å². The minimum Gasteiger partial charge on any atom is -0.448 e. The van der Waals surface area contributed by atoms with Gasteiger partial charge in [-0.3, -0.25) is 9.79 Å². The zero-order valence-electron chi connectivity index (χ0n) is 17.0. The van der Waals surface area contributed by atoms with Crippen molar-refractivity contribution in [2.75, 3.05) is 38.1 Å². The maximum atomic E-state index is 12.6. The predicted molar refractivity (Wildman–Crippen MR) is 115 cm³/mol. The molecular weight excluding hydrogens is 380 g/mol. The van der Waals surface area contributed by atoms with Crippen LogP contribution in [0.5, 0.6) is 0 Å². The molecule has 0 aromatic heterocycles. The molecule has 7 heteroatoms. The molecule has 0 saturated carbocycles. The van der Waals surface area contributed by atoms with Crippen molar-refractivity contribution in [2.24, 2.45) is 10.9 Å². The van der Waals surface area contributed by atoms with Gasteiger partial charge in [-0.25, -0.2) is 4.79 Å². The molecule has 156 valence electrons. The minimum atomic E-state index is -0.286. The Labute approximate surface area is 176 Å². The van der Waals surface area contributed by atoms with Crippen LogP contribution in [0.1, 0.15) is 30.4 Å². The molecule has 1 unspecified atom stereocenters. The quantitative estimate of drug-likeness (QED) is 0.763. The van der Waals surface area contributed by atoms with E-state index in [-0.39, 0.29) is 12.0 Å². The number of ether oxygens (including phenoxy) is 1. The summed E-state index contributed by atoms with van der Waals surface area (Å²) in [5.41, 5.74) is 4.09. The molecule has 4 aliphatic rings. The number of anilines is 1. The van der Waals surface area contributed by atoms with Crippen molar-refractivity contribution >= 4 is 29.5 Å². The number of cyclic esters (lactones) is 1. The Hall–Kier alpha value is -2.93. The number of hydrogen-bond donors (Lipinski definition) is 1. The van der Waals surface area contributed by atoms with E-state index in [1.54, 1.807) is 4.90 Å². The van der Waals surface area contributed by atoms with Crippen LogP contribution in [-0.4, -0.2) is 60.8 Å². The largest absolute Gasteiger partial charge is 0.448 e. The number of hydrogen-bond acceptors (Lipinski definition) is 5. The first-order chi connectivity index (χ1) is 14.7. The molecule has 1 atom stereocenters. The fraction of sp³-hybridized carbons (Fsp3) is 0.435. The van der Waals surface area contributed by atoms with E-state index < -0.39 is 0 Å². The smallest absolute Gasteiger partial charge is 0.410 e. The van der Waals surface area contributed by atoms with Crippen molar-refractivity contribution < 1.29 is 14.3 Å². The number of aliphatic imine (C=N–C) groups is 1. The summed E-state index contributed by atoms with van der Waals surface area (Å²) >= 11 is 0. The van der Waals surface area contributed by atoms with Crippen molar-refractivity contribution in [3.8, 4) is 0 Å². The molecule has 2 saturated heterocycles. The Balaban J connectivity index is 1.33. The Bertz CT molecular complexity index is 959. The predicted octanol–water partition coefficient (Wildman–Crippen LogP) is 3.04. The molecule has 5 rings (SSSR count). The number of likely N-dealkylation sites (tertiary alicyclic amines) is 1. The van der Waals surface area contributed by atoms with Crippen LogP contribution < -0.4 is 5.32 Å². The number of allylic oxidation sites excluding steroid dienone is 1. The highest BCUT2D eigenvalue weighted by molar-refractivity contribution is 6.32. The lowest BCUT2D eigenvalue weighted by molar-refractivity contribution is -0.110. The fourth-order valence-electron chi connectivity index (χ4n) is 4.53. The van der Waals surface area contributed by atoms with Gasteiger partial charge in [-0.05, 0) is 55.8 Å². The van der Waals surface area contributed by atoms with E-state index in [9.17, 15) is 9.59 Å². The summed E-state index contributed by atoms with van der Waals surface area (Å²) in [5, 5.41) is 2.93. The third kappa shape index (κ3) is 3.89. The average molecular weight is 406 g/mol. The lowest BCUT2D eigenvalue weighted by Gasteiger charge is -2.27. The van der Waals surface area contributed by atoms with Gasteiger partial charge in [0.1, 0.15) is 6.61 Å². The summed E-state index contributed by atoms with van der Waals surface area (Å²) in [5.74, 6) is 0.185. The molecular formula is C23H26N4O3. The Morgan fingerprint density at radius 2 is 2.03 bits per heavy atom. The Morgan fingerprint density at radius 3 is 2.83 bits per heavy atom. The zero-order valence-corrected chi connectivity index (χ0v) is 17.0. The summed E-state index contributed by atoms with van der Waals surface area (Å²) in [4.78, 5) is 33.0. The lowest BCUT2D eigenvalue weighted by Crippen LogP contribution is -2.33. The van der Waals surface area contributed by atoms with Crippen LogP contribution in [0.25, 0.3) is 5.57 Å². The number of carbonyl (C=O) groups excluding carboxylic acids is 2. The molecule has 7 nitrogen and oxygen atoms in total. The second-order valence-electron chi connectivity index (χ2n) is 8.32. The van der Waals surface area contributed by atoms with E-state index in [0.717, 1.165) is 42.1 Å². The number of nitrogens with one attached hydrogen (secondary N) is 1. The molecule has 2 amide bonds. The number of carbonyl (C=O) groups is 2. The van der Waals surface area contributed by atoms with Gasteiger partial charge in [0.15, 0.2) is 0 Å². The van der Waals surface area contributed by atoms with E-state index in [0.29, 0.717) is 31.2 Å². The van der Waals surface area contributed by atoms with E-state index in [2.05, 4.69) is 21.3 Å². The first-order valence-electron chi connectivity index (χ1n) is 10.7. The van der Waals surface area contributed by atoms with Crippen molar-refractivity contribution in [3.63, 3.8) is 0 Å². The molecule has 0 spiro atoms. The molecule has 0 bridgehead atoms. The average Bonchev–Trinajstić information content (AvgIpc) is 3.44. The molecule has 4 heterocycles. The first-order valence-corrected chi connectivity index (χ1v) is 10.7. The van der Waals surface area contributed by atoms with Gasteiger partial charge in [0, 0.05) is 36.5 Å². The Kier molecular flexibility index (Phi) is 5.12. The van der Waals surface area contributed by atoms with Gasteiger partial charge in [0.25, 0.3) is 5.91 Å². The number of piperidine rings is 1. The van der Waals surface area contributed by atoms with Crippen LogP contribution in [0.15, 0.2) is 41.0 Å². The van der Waals surface area contributed by atoms with Gasteiger partial charge in [0.05, 0.1) is 17.8 Å². The van der Waals surface area contributed by atoms with Crippen LogP contribution in [0.3, 0.4) is 0 Å². The standard InChI is InChI=1S/C23H26N4O3/c28-22-20(12-18-10-17(13-24-18)14-26-6-2-1-3-7-26)19-11-16(4-5-21(19)25-22)15-27-8-9-30-23(27)29/h4-5,10-13,17H,1-3,6-9,14-15H2,(H,25,28)/b20-12-. The van der Waals surface area contributed by atoms with E-state index >= 15 is 0 Å². The molecule has 1 aromatic carbocycles. The third-order valence-electron chi connectivity index (χ3n) is 6.10. The molecule has 1 aromatic rings. The molecule has 0 aliphatic carbocycles. The van der Waals surface area contributed by atoms with Crippen LogP contribution >= 0.6 is 0 Å². The molecule has 2 fully saturated rings. The number of amides is 2. The van der Waals surface area contributed by atoms with Crippen molar-refractivity contribution in [3.05, 3.63) is 47.2 Å². The zero-order chi connectivity index (χ0) is 20.5. The van der Waals surface area contributed by atoms with Crippen LogP contribution in [0.2, 0.25) is 0 Å². The highest BCUT2D eigenvalue weighted by atomic mass is 16.6. The summed E-state index contributed by atoms with van der Waals surface area (Å²) in [6, 6.07) is 5.82. The number of rotatable bonds is 5. The Morgan fingerprint density at radius 1 is 1.17 bits per heavy atom. The minimum absolute atomic E-state index is 0.113. The topological polar surface area (TPSA) is 74.2 Å². The summed E-state index contributed by atoms with van der Waals surface area (Å²) in [6.07, 6.45) is 9.62. The maximum Gasteiger partial charge on any atom is 0.410 e. The van der Waals surface area contributed by atoms with Gasteiger partial charge in [-0.1, -0.05) is 12.5 Å². The van der Waals surface area contributed by atoms with E-state index in [4.69, 9.17) is 4.74 Å². The molecule has 1 N–H and O–H groups in total. The highest BCUT2D eigenvalue weighted by Gasteiger charge is 2.27. The van der Waals surface area contributed by atoms with Crippen LogP contribution in [0.4, 0.5) is 10.5 Å². The third-order valence-corrected chi connectivity index (χ3v) is 6.10. The van der Waals surface area contributed by atoms with Crippen molar-refractivity contribution in [1.82, 2.24) is 9.80 Å². The van der Waals surface area contributed by atoms with E-state index in [1.807, 2.05) is 30.5 Å². The molecule has 4 aliphatic heterocycles. The van der Waals surface area contributed by atoms with Crippen molar-refractivity contribution in [2.45, 2.75) is 25.8 Å². The monoisotopic (exact) mass is 406 g/mol. The lowest BCUT2D eigenvalue weighted by atomic mass is 10.0. The first kappa shape index (κ1) is 19.1. The summed E-state index contributed by atoms with van der Waals surface area (Å²) in [7, 11) is 0. The number of fused-ring (bicyclic) bond motifs is 1. The summed E-state index contributed by atoms with van der Waals surface area (Å²) < 4.78 is 5.00. The van der Waals surface area contributed by atoms with Crippen molar-refractivity contribution in [1.29, 1.82) is 0 Å². The maximum absolute atomic E-state index is 12.6. The number of benzene rings is 1. The SMILES string of the molecule is O=C1Nc2ccc(CN3CCOC3=O)cc2/C1=C/C1=CC(CN2CCCCC2)C=N1. The number of nitrogens with zero attached hydrogens (tertiary/aromatic N) is 3.